The molecule has 0 saturated heterocycles. The average molecular weight is 187 g/mol. The second-order valence-electron chi connectivity index (χ2n) is 2.89. The van der Waals surface area contributed by atoms with Gasteiger partial charge in [0, 0.05) is 6.20 Å². The number of aryl methyl sites for hydroxylation is 1. The maximum absolute atomic E-state index is 11.6. The van der Waals surface area contributed by atoms with Crippen LogP contribution in [0.1, 0.15) is 36.3 Å². The van der Waals surface area contributed by atoms with Crippen molar-refractivity contribution in [3.05, 3.63) is 29.6 Å². The molecule has 0 saturated carbocycles. The van der Waals surface area contributed by atoms with E-state index in [1.165, 1.54) is 0 Å². The van der Waals surface area contributed by atoms with Gasteiger partial charge in [-0.2, -0.15) is 0 Å². The van der Waals surface area contributed by atoms with Gasteiger partial charge in [-0.25, -0.2) is 0 Å². The summed E-state index contributed by atoms with van der Waals surface area (Å²) >= 11 is 0. The van der Waals surface area contributed by atoms with Crippen molar-refractivity contribution in [2.45, 2.75) is 26.7 Å². The summed E-state index contributed by atoms with van der Waals surface area (Å²) in [4.78, 5) is 15.7. The molecule has 1 heterocycles. The van der Waals surface area contributed by atoms with Gasteiger partial charge in [-0.1, -0.05) is 18.9 Å². The third-order valence-electron chi connectivity index (χ3n) is 1.96. The van der Waals surface area contributed by atoms with E-state index in [0.29, 0.717) is 5.69 Å². The van der Waals surface area contributed by atoms with Gasteiger partial charge in [-0.05, 0) is 25.0 Å². The molecule has 0 spiro atoms. The van der Waals surface area contributed by atoms with Gasteiger partial charge in [0.15, 0.2) is 5.78 Å². The quantitative estimate of drug-likeness (QED) is 0.536. The Hall–Kier alpha value is -1.62. The monoisotopic (exact) mass is 187 g/mol. The molecule has 0 radical (unpaired) electrons. The molecule has 72 valence electrons. The van der Waals surface area contributed by atoms with E-state index in [1.807, 2.05) is 19.1 Å². The van der Waals surface area contributed by atoms with Crippen LogP contribution in [0.4, 0.5) is 0 Å². The van der Waals surface area contributed by atoms with Crippen LogP contribution in [0.5, 0.6) is 0 Å². The molecule has 0 atom stereocenters. The van der Waals surface area contributed by atoms with Crippen molar-refractivity contribution in [1.82, 2.24) is 4.98 Å². The Kier molecular flexibility index (Phi) is 3.87. The summed E-state index contributed by atoms with van der Waals surface area (Å²) in [5.41, 5.74) is 1.56. The highest BCUT2D eigenvalue weighted by atomic mass is 16.1. The van der Waals surface area contributed by atoms with E-state index in [1.54, 1.807) is 13.1 Å². The van der Waals surface area contributed by atoms with Gasteiger partial charge in [0.1, 0.15) is 5.69 Å². The molecule has 1 aromatic heterocycles. The zero-order valence-corrected chi connectivity index (χ0v) is 8.50. The van der Waals surface area contributed by atoms with Crippen molar-refractivity contribution < 1.29 is 4.79 Å². The standard InChI is InChI=1S/C12H13NO/c1-3-5-8-11(14)12-10(4-2)7-6-9-13-12/h6-7,9H,4,8H2,1-2H3. The van der Waals surface area contributed by atoms with E-state index in [4.69, 9.17) is 0 Å². The number of rotatable bonds is 3. The van der Waals surface area contributed by atoms with Gasteiger partial charge < -0.3 is 0 Å². The van der Waals surface area contributed by atoms with E-state index < -0.39 is 0 Å². The van der Waals surface area contributed by atoms with Gasteiger partial charge in [-0.15, -0.1) is 5.92 Å². The molecular weight excluding hydrogens is 174 g/mol. The fourth-order valence-corrected chi connectivity index (χ4v) is 1.23. The SMILES string of the molecule is CC#CCC(=O)c1ncccc1CC. The van der Waals surface area contributed by atoms with Gasteiger partial charge in [0.05, 0.1) is 6.42 Å². The van der Waals surface area contributed by atoms with Crippen LogP contribution in [-0.2, 0) is 6.42 Å². The maximum Gasteiger partial charge on any atom is 0.193 e. The fraction of sp³-hybridized carbons (Fsp3) is 0.333. The Labute approximate surface area is 84.4 Å². The first-order chi connectivity index (χ1) is 6.79. The number of Topliss-reactive ketones (excluding diaryl/α,β-unsaturated/α-hetero) is 1. The number of ketones is 1. The van der Waals surface area contributed by atoms with Crippen molar-refractivity contribution in [2.75, 3.05) is 0 Å². The minimum absolute atomic E-state index is 0.0109. The summed E-state index contributed by atoms with van der Waals surface area (Å²) in [5.74, 6) is 5.48. The lowest BCUT2D eigenvalue weighted by Gasteiger charge is -2.02. The Bertz CT molecular complexity index is 385. The summed E-state index contributed by atoms with van der Waals surface area (Å²) < 4.78 is 0. The normalized spacial score (nSPS) is 9.00. The highest BCUT2D eigenvalue weighted by molar-refractivity contribution is 5.97. The smallest absolute Gasteiger partial charge is 0.193 e. The molecule has 0 amide bonds. The number of carbonyl (C=O) groups excluding carboxylic acids is 1. The molecule has 14 heavy (non-hydrogen) atoms. The molecule has 0 aliphatic rings. The molecule has 0 bridgehead atoms. The van der Waals surface area contributed by atoms with Crippen LogP contribution in [0.15, 0.2) is 18.3 Å². The third-order valence-corrected chi connectivity index (χ3v) is 1.96. The summed E-state index contributed by atoms with van der Waals surface area (Å²) in [5, 5.41) is 0. The summed E-state index contributed by atoms with van der Waals surface area (Å²) in [6.45, 7) is 3.74. The Morgan fingerprint density at radius 1 is 1.57 bits per heavy atom. The molecule has 0 unspecified atom stereocenters. The Balaban J connectivity index is 2.92. The molecule has 0 fully saturated rings. The van der Waals surface area contributed by atoms with Crippen molar-refractivity contribution >= 4 is 5.78 Å². The number of hydrogen-bond donors (Lipinski definition) is 0. The minimum atomic E-state index is 0.0109. The van der Waals surface area contributed by atoms with Crippen molar-refractivity contribution in [1.29, 1.82) is 0 Å². The molecule has 2 heteroatoms. The zero-order chi connectivity index (χ0) is 10.4. The number of carbonyl (C=O) groups is 1. The minimum Gasteiger partial charge on any atom is -0.291 e. The fourth-order valence-electron chi connectivity index (χ4n) is 1.23. The first-order valence-electron chi connectivity index (χ1n) is 4.66. The zero-order valence-electron chi connectivity index (χ0n) is 8.50. The van der Waals surface area contributed by atoms with Crippen LogP contribution >= 0.6 is 0 Å². The maximum atomic E-state index is 11.6. The van der Waals surface area contributed by atoms with Crippen molar-refractivity contribution in [3.63, 3.8) is 0 Å². The lowest BCUT2D eigenvalue weighted by Crippen LogP contribution is -2.05. The average Bonchev–Trinajstić information content (AvgIpc) is 2.25. The molecule has 2 nitrogen and oxygen atoms in total. The van der Waals surface area contributed by atoms with Crippen LogP contribution < -0.4 is 0 Å². The first-order valence-corrected chi connectivity index (χ1v) is 4.66. The lowest BCUT2D eigenvalue weighted by atomic mass is 10.1. The Morgan fingerprint density at radius 2 is 2.36 bits per heavy atom. The van der Waals surface area contributed by atoms with Crippen LogP contribution in [0.2, 0.25) is 0 Å². The lowest BCUT2D eigenvalue weighted by molar-refractivity contribution is 0.0992. The molecule has 0 aliphatic carbocycles. The van der Waals surface area contributed by atoms with Crippen LogP contribution in [0.25, 0.3) is 0 Å². The molecular formula is C12H13NO. The van der Waals surface area contributed by atoms with E-state index >= 15 is 0 Å². The van der Waals surface area contributed by atoms with Gasteiger partial charge in [0.25, 0.3) is 0 Å². The predicted molar refractivity (Wildman–Crippen MR) is 56.0 cm³/mol. The number of pyridine rings is 1. The van der Waals surface area contributed by atoms with Crippen LogP contribution in [-0.4, -0.2) is 10.8 Å². The topological polar surface area (TPSA) is 30.0 Å². The third kappa shape index (κ3) is 2.43. The van der Waals surface area contributed by atoms with E-state index in [9.17, 15) is 4.79 Å². The van der Waals surface area contributed by atoms with E-state index in [-0.39, 0.29) is 12.2 Å². The number of aromatic nitrogens is 1. The largest absolute Gasteiger partial charge is 0.291 e. The van der Waals surface area contributed by atoms with E-state index in [2.05, 4.69) is 16.8 Å². The molecule has 0 aliphatic heterocycles. The molecule has 0 aromatic carbocycles. The molecule has 0 N–H and O–H groups in total. The van der Waals surface area contributed by atoms with Crippen molar-refractivity contribution in [2.24, 2.45) is 0 Å². The van der Waals surface area contributed by atoms with Gasteiger partial charge in [0.2, 0.25) is 0 Å². The second kappa shape index (κ2) is 5.18. The highest BCUT2D eigenvalue weighted by Crippen LogP contribution is 2.08. The second-order valence-corrected chi connectivity index (χ2v) is 2.89. The number of hydrogen-bond acceptors (Lipinski definition) is 2. The van der Waals surface area contributed by atoms with Crippen LogP contribution in [0.3, 0.4) is 0 Å². The molecule has 1 rings (SSSR count). The van der Waals surface area contributed by atoms with Crippen molar-refractivity contribution in [3.8, 4) is 11.8 Å². The number of nitrogens with zero attached hydrogens (tertiary/aromatic N) is 1. The van der Waals surface area contributed by atoms with Gasteiger partial charge >= 0.3 is 0 Å². The predicted octanol–water partition coefficient (Wildman–Crippen LogP) is 2.24. The summed E-state index contributed by atoms with van der Waals surface area (Å²) in [7, 11) is 0. The molecule has 1 aromatic rings. The highest BCUT2D eigenvalue weighted by Gasteiger charge is 2.09. The van der Waals surface area contributed by atoms with E-state index in [0.717, 1.165) is 12.0 Å². The van der Waals surface area contributed by atoms with Gasteiger partial charge in [-0.3, -0.25) is 9.78 Å². The van der Waals surface area contributed by atoms with Crippen LogP contribution in [0, 0.1) is 11.8 Å². The summed E-state index contributed by atoms with van der Waals surface area (Å²) in [6, 6.07) is 3.78. The first kappa shape index (κ1) is 10.5. The summed E-state index contributed by atoms with van der Waals surface area (Å²) in [6.07, 6.45) is 2.74. The Morgan fingerprint density at radius 3 is 3.00 bits per heavy atom.